The number of halogens is 1. The number of ether oxygens (including phenoxy) is 1. The second kappa shape index (κ2) is 11.2. The van der Waals surface area contributed by atoms with Crippen LogP contribution in [0.4, 0.5) is 11.5 Å². The first-order chi connectivity index (χ1) is 17.5. The van der Waals surface area contributed by atoms with E-state index in [2.05, 4.69) is 32.5 Å². The highest BCUT2D eigenvalue weighted by Crippen LogP contribution is 2.27. The predicted octanol–water partition coefficient (Wildman–Crippen LogP) is 3.67. The summed E-state index contributed by atoms with van der Waals surface area (Å²) in [6.07, 6.45) is 1.79. The summed E-state index contributed by atoms with van der Waals surface area (Å²) in [5.74, 6) is -0.170. The molecule has 2 saturated heterocycles. The molecule has 2 aliphatic rings. The molecule has 36 heavy (non-hydrogen) atoms. The van der Waals surface area contributed by atoms with Gasteiger partial charge in [0.05, 0.1) is 19.1 Å². The van der Waals surface area contributed by atoms with Crippen LogP contribution in [-0.2, 0) is 33.7 Å². The molecule has 1 unspecified atom stereocenters. The number of hydrogen-bond donors (Lipinski definition) is 2. The molecule has 9 heteroatoms. The Morgan fingerprint density at radius 2 is 1.78 bits per heavy atom. The summed E-state index contributed by atoms with van der Waals surface area (Å²) in [7, 11) is 0. The highest BCUT2D eigenvalue weighted by Gasteiger charge is 2.35. The second-order valence-electron chi connectivity index (χ2n) is 9.35. The molecular weight excluding hydrogens is 478 g/mol. The molecule has 2 fully saturated rings. The first-order valence-corrected chi connectivity index (χ1v) is 12.7. The zero-order valence-electron chi connectivity index (χ0n) is 20.1. The summed E-state index contributed by atoms with van der Waals surface area (Å²) in [6.45, 7) is 4.64. The first-order valence-electron chi connectivity index (χ1n) is 12.3. The number of H-pyrrole nitrogens is 1. The van der Waals surface area contributed by atoms with Gasteiger partial charge in [0.2, 0.25) is 11.8 Å². The molecule has 3 aromatic rings. The van der Waals surface area contributed by atoms with Crippen LogP contribution in [-0.4, -0.2) is 59.8 Å². The smallest absolute Gasteiger partial charge is 0.231 e. The Morgan fingerprint density at radius 1 is 1.06 bits per heavy atom. The monoisotopic (exact) mass is 507 g/mol. The summed E-state index contributed by atoms with van der Waals surface area (Å²) in [5.41, 5.74) is 4.14. The van der Waals surface area contributed by atoms with Crippen molar-refractivity contribution in [3.63, 3.8) is 0 Å². The number of hydrogen-bond acceptors (Lipinski definition) is 5. The van der Waals surface area contributed by atoms with Crippen LogP contribution in [0.5, 0.6) is 0 Å². The number of morpholine rings is 1. The Bertz CT molecular complexity index is 1190. The van der Waals surface area contributed by atoms with Gasteiger partial charge < -0.3 is 15.0 Å². The third-order valence-electron chi connectivity index (χ3n) is 6.73. The molecule has 0 saturated carbocycles. The van der Waals surface area contributed by atoms with E-state index >= 15 is 0 Å². The third-order valence-corrected chi connectivity index (χ3v) is 6.98. The zero-order chi connectivity index (χ0) is 24.9. The molecule has 0 spiro atoms. The number of benzene rings is 2. The molecule has 0 bridgehead atoms. The second-order valence-corrected chi connectivity index (χ2v) is 9.79. The van der Waals surface area contributed by atoms with Crippen molar-refractivity contribution in [3.8, 4) is 0 Å². The third kappa shape index (κ3) is 6.13. The Balaban J connectivity index is 1.12. The average molecular weight is 508 g/mol. The molecule has 188 valence electrons. The van der Waals surface area contributed by atoms with Gasteiger partial charge in [-0.1, -0.05) is 35.9 Å². The standard InChI is InChI=1S/C27H30ClN5O3/c28-22-6-1-19(2-7-22)3-8-23-16-25(31-30-23)29-27(35)21-15-26(34)33(18-21)24-9-4-20(5-10-24)17-32-11-13-36-14-12-32/h1-2,4-7,9-10,16,21H,3,8,11-15,17-18H2,(H2,29,30,31,35). The maximum Gasteiger partial charge on any atom is 0.231 e. The lowest BCUT2D eigenvalue weighted by Crippen LogP contribution is -2.35. The molecule has 8 nitrogen and oxygen atoms in total. The van der Waals surface area contributed by atoms with Crippen LogP contribution < -0.4 is 10.2 Å². The number of aryl methyl sites for hydroxylation is 2. The molecular formula is C27H30ClN5O3. The molecule has 2 aliphatic heterocycles. The van der Waals surface area contributed by atoms with E-state index in [4.69, 9.17) is 16.3 Å². The van der Waals surface area contributed by atoms with Crippen molar-refractivity contribution in [1.29, 1.82) is 0 Å². The Kier molecular flexibility index (Phi) is 7.65. The number of carbonyl (C=O) groups is 2. The summed E-state index contributed by atoms with van der Waals surface area (Å²) in [5, 5.41) is 10.8. The van der Waals surface area contributed by atoms with Crippen molar-refractivity contribution in [2.45, 2.75) is 25.8 Å². The maximum absolute atomic E-state index is 12.9. The number of aromatic nitrogens is 2. The number of nitrogens with one attached hydrogen (secondary N) is 2. The fourth-order valence-corrected chi connectivity index (χ4v) is 4.77. The molecule has 2 N–H and O–H groups in total. The average Bonchev–Trinajstić information content (AvgIpc) is 3.51. The van der Waals surface area contributed by atoms with Gasteiger partial charge in [0.15, 0.2) is 5.82 Å². The predicted molar refractivity (Wildman–Crippen MR) is 139 cm³/mol. The normalized spacial score (nSPS) is 18.5. The molecule has 1 atom stereocenters. The molecule has 0 radical (unpaired) electrons. The maximum atomic E-state index is 12.9. The van der Waals surface area contributed by atoms with Crippen LogP contribution in [0.15, 0.2) is 54.6 Å². The van der Waals surface area contributed by atoms with Crippen molar-refractivity contribution < 1.29 is 14.3 Å². The molecule has 3 heterocycles. The minimum Gasteiger partial charge on any atom is -0.379 e. The fraction of sp³-hybridized carbons (Fsp3) is 0.370. The van der Waals surface area contributed by atoms with Crippen LogP contribution in [0.25, 0.3) is 0 Å². The van der Waals surface area contributed by atoms with Gasteiger partial charge >= 0.3 is 0 Å². The number of nitrogens with zero attached hydrogens (tertiary/aromatic N) is 3. The quantitative estimate of drug-likeness (QED) is 0.485. The summed E-state index contributed by atoms with van der Waals surface area (Å²) in [6, 6.07) is 17.6. The van der Waals surface area contributed by atoms with Crippen molar-refractivity contribution >= 4 is 34.9 Å². The molecule has 2 amide bonds. The highest BCUT2D eigenvalue weighted by molar-refractivity contribution is 6.30. The van der Waals surface area contributed by atoms with Crippen molar-refractivity contribution in [3.05, 3.63) is 76.4 Å². The summed E-state index contributed by atoms with van der Waals surface area (Å²) in [4.78, 5) is 29.6. The van der Waals surface area contributed by atoms with E-state index in [0.717, 1.165) is 62.1 Å². The van der Waals surface area contributed by atoms with Gasteiger partial charge in [-0.3, -0.25) is 19.6 Å². The van der Waals surface area contributed by atoms with Crippen LogP contribution in [0.3, 0.4) is 0 Å². The van der Waals surface area contributed by atoms with Gasteiger partial charge in [-0.15, -0.1) is 0 Å². The van der Waals surface area contributed by atoms with E-state index < -0.39 is 5.92 Å². The van der Waals surface area contributed by atoms with Crippen LogP contribution in [0.2, 0.25) is 5.02 Å². The SMILES string of the molecule is O=C(Nc1cc(CCc2ccc(Cl)cc2)[nH]n1)C1CC(=O)N(c2ccc(CN3CCOCC3)cc2)C1. The molecule has 5 rings (SSSR count). The minimum atomic E-state index is -0.417. The molecule has 0 aliphatic carbocycles. The number of rotatable bonds is 8. The summed E-state index contributed by atoms with van der Waals surface area (Å²) < 4.78 is 5.41. The molecule has 2 aromatic carbocycles. The van der Waals surface area contributed by atoms with Gasteiger partial charge in [0.25, 0.3) is 0 Å². The van der Waals surface area contributed by atoms with Gasteiger partial charge in [-0.05, 0) is 48.2 Å². The van der Waals surface area contributed by atoms with Gasteiger partial charge in [-0.25, -0.2) is 0 Å². The number of anilines is 2. The van der Waals surface area contributed by atoms with E-state index in [1.807, 2.05) is 42.5 Å². The van der Waals surface area contributed by atoms with E-state index in [9.17, 15) is 9.59 Å². The highest BCUT2D eigenvalue weighted by atomic mass is 35.5. The van der Waals surface area contributed by atoms with Gasteiger partial charge in [-0.2, -0.15) is 5.10 Å². The Labute approximate surface area is 215 Å². The van der Waals surface area contributed by atoms with Crippen molar-refractivity contribution in [1.82, 2.24) is 15.1 Å². The van der Waals surface area contributed by atoms with Gasteiger partial charge in [0.1, 0.15) is 0 Å². The lowest BCUT2D eigenvalue weighted by Gasteiger charge is -2.26. The van der Waals surface area contributed by atoms with E-state index in [1.54, 1.807) is 4.90 Å². The minimum absolute atomic E-state index is 0.0400. The van der Waals surface area contributed by atoms with Crippen LogP contribution >= 0.6 is 11.6 Å². The van der Waals surface area contributed by atoms with Crippen LogP contribution in [0, 0.1) is 5.92 Å². The van der Waals surface area contributed by atoms with E-state index in [-0.39, 0.29) is 18.2 Å². The van der Waals surface area contributed by atoms with Crippen molar-refractivity contribution in [2.75, 3.05) is 43.1 Å². The van der Waals surface area contributed by atoms with Crippen molar-refractivity contribution in [2.24, 2.45) is 5.92 Å². The lowest BCUT2D eigenvalue weighted by atomic mass is 10.1. The number of carbonyl (C=O) groups excluding carboxylic acids is 2. The number of amides is 2. The largest absolute Gasteiger partial charge is 0.379 e. The Morgan fingerprint density at radius 3 is 2.53 bits per heavy atom. The topological polar surface area (TPSA) is 90.6 Å². The lowest BCUT2D eigenvalue weighted by molar-refractivity contribution is -0.122. The Hall–Kier alpha value is -3.20. The van der Waals surface area contributed by atoms with Crippen LogP contribution in [0.1, 0.15) is 23.2 Å². The first kappa shape index (κ1) is 24.5. The number of aromatic amines is 1. The summed E-state index contributed by atoms with van der Waals surface area (Å²) >= 11 is 5.94. The molecule has 1 aromatic heterocycles. The van der Waals surface area contributed by atoms with Gasteiger partial charge in [0, 0.05) is 55.1 Å². The van der Waals surface area contributed by atoms with E-state index in [0.29, 0.717) is 12.4 Å². The van der Waals surface area contributed by atoms with E-state index in [1.165, 1.54) is 11.1 Å². The zero-order valence-corrected chi connectivity index (χ0v) is 20.8. The fourth-order valence-electron chi connectivity index (χ4n) is 4.64.